The molecule has 8 heteroatoms. The number of nitrogens with zero attached hydrogens (tertiary/aromatic N) is 1. The predicted molar refractivity (Wildman–Crippen MR) is 122 cm³/mol. The molecule has 0 saturated carbocycles. The summed E-state index contributed by atoms with van der Waals surface area (Å²) in [6, 6.07) is 15.8. The van der Waals surface area contributed by atoms with Crippen LogP contribution in [0.4, 0.5) is 0 Å². The standard InChI is InChI=1S/C24H28N2O5S/c1-16(2)31-24(27)23(25)22(18-9-11-19(30-4)12-10-18)21-6-5-15-26(21)32(28,29)20-13-7-17(3)8-14-20/h5-16,22-23H,25H2,1-4H3/t22-,23-/m0/s1. The van der Waals surface area contributed by atoms with E-state index in [2.05, 4.69) is 0 Å². The molecule has 3 aromatic rings. The molecule has 0 amide bonds. The van der Waals surface area contributed by atoms with Gasteiger partial charge in [0.2, 0.25) is 0 Å². The van der Waals surface area contributed by atoms with Gasteiger partial charge in [0.1, 0.15) is 11.8 Å². The van der Waals surface area contributed by atoms with Gasteiger partial charge in [-0.05, 0) is 62.7 Å². The molecule has 0 spiro atoms. The van der Waals surface area contributed by atoms with Crippen molar-refractivity contribution in [2.24, 2.45) is 5.73 Å². The number of esters is 1. The quantitative estimate of drug-likeness (QED) is 0.521. The van der Waals surface area contributed by atoms with Crippen molar-refractivity contribution >= 4 is 16.0 Å². The Balaban J connectivity index is 2.13. The number of hydrogen-bond acceptors (Lipinski definition) is 6. The minimum atomic E-state index is -3.91. The lowest BCUT2D eigenvalue weighted by Gasteiger charge is -2.25. The summed E-state index contributed by atoms with van der Waals surface area (Å²) >= 11 is 0. The van der Waals surface area contributed by atoms with Crippen LogP contribution >= 0.6 is 0 Å². The third-order valence-corrected chi connectivity index (χ3v) is 6.82. The minimum absolute atomic E-state index is 0.146. The van der Waals surface area contributed by atoms with E-state index in [0.717, 1.165) is 5.56 Å². The number of benzene rings is 2. The number of ether oxygens (including phenoxy) is 2. The van der Waals surface area contributed by atoms with Crippen LogP contribution < -0.4 is 10.5 Å². The van der Waals surface area contributed by atoms with Gasteiger partial charge in [0.15, 0.2) is 0 Å². The lowest BCUT2D eigenvalue weighted by atomic mass is 9.89. The van der Waals surface area contributed by atoms with Gasteiger partial charge in [-0.1, -0.05) is 29.8 Å². The lowest BCUT2D eigenvalue weighted by Crippen LogP contribution is -2.40. The van der Waals surface area contributed by atoms with Crippen LogP contribution in [-0.4, -0.2) is 37.6 Å². The first-order valence-electron chi connectivity index (χ1n) is 10.2. The zero-order valence-corrected chi connectivity index (χ0v) is 19.4. The summed E-state index contributed by atoms with van der Waals surface area (Å²) in [5, 5.41) is 0. The fourth-order valence-electron chi connectivity index (χ4n) is 3.48. The molecule has 0 unspecified atom stereocenters. The molecule has 2 aromatic carbocycles. The maximum absolute atomic E-state index is 13.4. The molecule has 1 heterocycles. The second kappa shape index (κ2) is 9.58. The summed E-state index contributed by atoms with van der Waals surface area (Å²) in [6.45, 7) is 5.35. The highest BCUT2D eigenvalue weighted by atomic mass is 32.2. The van der Waals surface area contributed by atoms with E-state index < -0.39 is 28.0 Å². The zero-order chi connectivity index (χ0) is 23.5. The fourth-order valence-corrected chi connectivity index (χ4v) is 4.87. The van der Waals surface area contributed by atoms with E-state index >= 15 is 0 Å². The number of hydrogen-bond donors (Lipinski definition) is 1. The van der Waals surface area contributed by atoms with Crippen LogP contribution in [0, 0.1) is 6.92 Å². The molecule has 0 radical (unpaired) electrons. The normalized spacial score (nSPS) is 13.6. The van der Waals surface area contributed by atoms with Crippen molar-refractivity contribution in [2.75, 3.05) is 7.11 Å². The number of methoxy groups -OCH3 is 1. The maximum Gasteiger partial charge on any atom is 0.324 e. The SMILES string of the molecule is COc1ccc([C@@H](c2cccn2S(=O)(=O)c2ccc(C)cc2)[C@H](N)C(=O)OC(C)C)cc1. The number of rotatable bonds is 8. The molecular formula is C24H28N2O5S. The highest BCUT2D eigenvalue weighted by Gasteiger charge is 2.34. The molecule has 32 heavy (non-hydrogen) atoms. The molecule has 7 nitrogen and oxygen atoms in total. The molecule has 0 aliphatic heterocycles. The summed E-state index contributed by atoms with van der Waals surface area (Å²) in [5.41, 5.74) is 8.34. The van der Waals surface area contributed by atoms with Gasteiger partial charge in [-0.15, -0.1) is 0 Å². The Hall–Kier alpha value is -3.10. The van der Waals surface area contributed by atoms with Gasteiger partial charge in [0, 0.05) is 11.9 Å². The van der Waals surface area contributed by atoms with Crippen LogP contribution in [0.2, 0.25) is 0 Å². The highest BCUT2D eigenvalue weighted by Crippen LogP contribution is 2.32. The van der Waals surface area contributed by atoms with E-state index in [1.807, 2.05) is 6.92 Å². The molecule has 0 aliphatic rings. The minimum Gasteiger partial charge on any atom is -0.497 e. The smallest absolute Gasteiger partial charge is 0.324 e. The second-order valence-electron chi connectivity index (χ2n) is 7.81. The fraction of sp³-hybridized carbons (Fsp3) is 0.292. The van der Waals surface area contributed by atoms with Gasteiger partial charge in [-0.25, -0.2) is 12.4 Å². The topological polar surface area (TPSA) is 101 Å². The van der Waals surface area contributed by atoms with E-state index in [9.17, 15) is 13.2 Å². The molecule has 0 aliphatic carbocycles. The Morgan fingerprint density at radius 1 is 1.00 bits per heavy atom. The first-order chi connectivity index (χ1) is 15.1. The molecule has 3 rings (SSSR count). The Morgan fingerprint density at radius 3 is 2.19 bits per heavy atom. The van der Waals surface area contributed by atoms with E-state index in [4.69, 9.17) is 15.2 Å². The van der Waals surface area contributed by atoms with Gasteiger partial charge in [0.05, 0.1) is 24.0 Å². The second-order valence-corrected chi connectivity index (χ2v) is 9.62. The Kier molecular flexibility index (Phi) is 7.06. The summed E-state index contributed by atoms with van der Waals surface area (Å²) in [4.78, 5) is 12.9. The lowest BCUT2D eigenvalue weighted by molar-refractivity contribution is -0.149. The van der Waals surface area contributed by atoms with Crippen molar-refractivity contribution < 1.29 is 22.7 Å². The summed E-state index contributed by atoms with van der Waals surface area (Å²) in [5.74, 6) is -0.739. The van der Waals surface area contributed by atoms with Crippen LogP contribution in [0.3, 0.4) is 0 Å². The molecule has 2 atom stereocenters. The van der Waals surface area contributed by atoms with Crippen LogP contribution in [0.15, 0.2) is 71.8 Å². The third-order valence-electron chi connectivity index (χ3n) is 5.10. The van der Waals surface area contributed by atoms with Crippen LogP contribution in [0.25, 0.3) is 0 Å². The summed E-state index contributed by atoms with van der Waals surface area (Å²) < 4.78 is 38.6. The van der Waals surface area contributed by atoms with Crippen molar-refractivity contribution in [2.45, 2.75) is 43.7 Å². The van der Waals surface area contributed by atoms with Gasteiger partial charge < -0.3 is 15.2 Å². The monoisotopic (exact) mass is 456 g/mol. The summed E-state index contributed by atoms with van der Waals surface area (Å²) in [7, 11) is -2.35. The van der Waals surface area contributed by atoms with E-state index in [0.29, 0.717) is 17.0 Å². The van der Waals surface area contributed by atoms with E-state index in [1.165, 1.54) is 10.2 Å². The Labute approximate surface area is 188 Å². The third kappa shape index (κ3) is 4.87. The van der Waals surface area contributed by atoms with Crippen LogP contribution in [0.1, 0.15) is 36.6 Å². The molecule has 1 aromatic heterocycles. The average Bonchev–Trinajstić information content (AvgIpc) is 3.24. The first-order valence-corrected chi connectivity index (χ1v) is 11.7. The molecule has 2 N–H and O–H groups in total. The molecular weight excluding hydrogens is 428 g/mol. The maximum atomic E-state index is 13.4. The largest absolute Gasteiger partial charge is 0.497 e. The van der Waals surface area contributed by atoms with Crippen molar-refractivity contribution in [3.05, 3.63) is 83.7 Å². The average molecular weight is 457 g/mol. The van der Waals surface area contributed by atoms with E-state index in [-0.39, 0.29) is 11.0 Å². The van der Waals surface area contributed by atoms with Crippen molar-refractivity contribution in [1.82, 2.24) is 3.97 Å². The zero-order valence-electron chi connectivity index (χ0n) is 18.6. The van der Waals surface area contributed by atoms with E-state index in [1.54, 1.807) is 81.6 Å². The van der Waals surface area contributed by atoms with Gasteiger partial charge in [-0.2, -0.15) is 0 Å². The summed E-state index contributed by atoms with van der Waals surface area (Å²) in [6.07, 6.45) is 1.11. The van der Waals surface area contributed by atoms with Crippen LogP contribution in [-0.2, 0) is 19.6 Å². The van der Waals surface area contributed by atoms with Gasteiger partial charge >= 0.3 is 5.97 Å². The first kappa shape index (κ1) is 23.6. The van der Waals surface area contributed by atoms with Gasteiger partial charge in [-0.3, -0.25) is 4.79 Å². The number of nitrogens with two attached hydrogens (primary N) is 1. The molecule has 0 bridgehead atoms. The Bertz CT molecular complexity index is 1170. The Morgan fingerprint density at radius 2 is 1.62 bits per heavy atom. The number of aromatic nitrogens is 1. The van der Waals surface area contributed by atoms with Gasteiger partial charge in [0.25, 0.3) is 10.0 Å². The number of carbonyl (C=O) groups is 1. The van der Waals surface area contributed by atoms with Crippen molar-refractivity contribution in [3.63, 3.8) is 0 Å². The molecule has 170 valence electrons. The van der Waals surface area contributed by atoms with Crippen molar-refractivity contribution in [3.8, 4) is 5.75 Å². The number of aryl methyl sites for hydroxylation is 1. The van der Waals surface area contributed by atoms with Crippen molar-refractivity contribution in [1.29, 1.82) is 0 Å². The number of carbonyl (C=O) groups excluding carboxylic acids is 1. The highest BCUT2D eigenvalue weighted by molar-refractivity contribution is 7.90. The molecule has 0 fully saturated rings. The molecule has 0 saturated heterocycles. The van der Waals surface area contributed by atoms with Crippen LogP contribution in [0.5, 0.6) is 5.75 Å². The predicted octanol–water partition coefficient (Wildman–Crippen LogP) is 3.45.